The van der Waals surface area contributed by atoms with Gasteiger partial charge in [0.05, 0.1) is 46.5 Å². The Balaban J connectivity index is 1.89. The lowest BCUT2D eigenvalue weighted by molar-refractivity contribution is -0.155. The Bertz CT molecular complexity index is 1110. The van der Waals surface area contributed by atoms with Crippen LogP contribution in [0.5, 0.6) is 0 Å². The minimum absolute atomic E-state index is 0.186. The zero-order chi connectivity index (χ0) is 28.0. The molecule has 6 atom stereocenters. The molecule has 4 rings (SSSR count). The molecule has 0 radical (unpaired) electrons. The van der Waals surface area contributed by atoms with Crippen molar-refractivity contribution in [2.24, 2.45) is 17.8 Å². The summed E-state index contributed by atoms with van der Waals surface area (Å²) in [6.45, 7) is 13.8. The van der Waals surface area contributed by atoms with E-state index in [-0.39, 0.29) is 43.5 Å². The van der Waals surface area contributed by atoms with Crippen molar-refractivity contribution in [2.45, 2.75) is 75.5 Å². The van der Waals surface area contributed by atoms with E-state index in [0.717, 1.165) is 5.56 Å². The average molecular weight is 563 g/mol. The Morgan fingerprint density at radius 2 is 2.08 bits per heavy atom. The van der Waals surface area contributed by atoms with Gasteiger partial charge >= 0.3 is 5.97 Å². The van der Waals surface area contributed by atoms with Gasteiger partial charge in [-0.25, -0.2) is 0 Å². The van der Waals surface area contributed by atoms with Crippen molar-refractivity contribution < 1.29 is 24.2 Å². The number of rotatable bonds is 10. The third-order valence-corrected chi connectivity index (χ3v) is 10.7. The number of halogens is 1. The molecule has 9 heteroatoms. The van der Waals surface area contributed by atoms with E-state index >= 15 is 0 Å². The van der Waals surface area contributed by atoms with Gasteiger partial charge < -0.3 is 19.6 Å². The lowest BCUT2D eigenvalue weighted by atomic mass is 9.66. The van der Waals surface area contributed by atoms with Crippen molar-refractivity contribution in [3.05, 3.63) is 41.4 Å². The van der Waals surface area contributed by atoms with Crippen LogP contribution in [0.4, 0.5) is 5.69 Å². The van der Waals surface area contributed by atoms with Gasteiger partial charge in [-0.05, 0) is 57.6 Å². The van der Waals surface area contributed by atoms with Gasteiger partial charge in [0, 0.05) is 11.3 Å². The van der Waals surface area contributed by atoms with Gasteiger partial charge in [-0.15, -0.1) is 18.3 Å². The van der Waals surface area contributed by atoms with E-state index < -0.39 is 33.4 Å². The fourth-order valence-corrected chi connectivity index (χ4v) is 9.63. The summed E-state index contributed by atoms with van der Waals surface area (Å²) in [4.78, 5) is 45.6. The summed E-state index contributed by atoms with van der Waals surface area (Å²) < 4.78 is 4.15. The Morgan fingerprint density at radius 1 is 1.37 bits per heavy atom. The van der Waals surface area contributed by atoms with Crippen LogP contribution in [-0.4, -0.2) is 69.1 Å². The Hall–Kier alpha value is -2.03. The topological polar surface area (TPSA) is 87.2 Å². The maximum atomic E-state index is 14.7. The molecule has 3 saturated heterocycles. The molecule has 2 amide bonds. The Morgan fingerprint density at radius 3 is 2.66 bits per heavy atom. The fraction of sp³-hybridized carbons (Fsp3) is 0.621. The van der Waals surface area contributed by atoms with E-state index in [1.54, 1.807) is 40.6 Å². The number of benzene rings is 1. The number of aryl methyl sites for hydroxylation is 1. The van der Waals surface area contributed by atoms with Crippen LogP contribution in [0.15, 0.2) is 30.9 Å². The molecule has 7 nitrogen and oxygen atoms in total. The number of fused-ring (bicyclic) bond motifs is 1. The number of aliphatic hydroxyl groups is 1. The highest BCUT2D eigenvalue weighted by molar-refractivity contribution is 8.02. The van der Waals surface area contributed by atoms with Crippen molar-refractivity contribution in [2.75, 3.05) is 24.7 Å². The van der Waals surface area contributed by atoms with E-state index in [2.05, 4.69) is 6.58 Å². The first-order chi connectivity index (χ1) is 18.0. The number of esters is 1. The number of aliphatic hydroxyl groups excluding tert-OH is 1. The first-order valence-electron chi connectivity index (χ1n) is 13.4. The largest absolute Gasteiger partial charge is 0.466 e. The highest BCUT2D eigenvalue weighted by Gasteiger charge is 2.78. The number of carbonyl (C=O) groups excluding carboxylic acids is 3. The number of carbonyl (C=O) groups is 3. The molecule has 38 heavy (non-hydrogen) atoms. The highest BCUT2D eigenvalue weighted by atomic mass is 35.5. The van der Waals surface area contributed by atoms with E-state index in [4.69, 9.17) is 16.3 Å². The van der Waals surface area contributed by atoms with Crippen LogP contribution >= 0.6 is 23.4 Å². The summed E-state index contributed by atoms with van der Waals surface area (Å²) in [5.41, 5.74) is 1.42. The summed E-state index contributed by atoms with van der Waals surface area (Å²) in [5.74, 6) is -2.05. The quantitative estimate of drug-likeness (QED) is 0.331. The van der Waals surface area contributed by atoms with Crippen molar-refractivity contribution in [1.82, 2.24) is 4.90 Å². The SMILES string of the molecule is C=CCN(C(=O)C1N([C@@H](CO)CC(C)C)C(=O)[C@@H]2[C@@H](C(=O)OCC)[C@@]3(C)CCC12S3)c1c(C)cccc1Cl. The summed E-state index contributed by atoms with van der Waals surface area (Å²) in [7, 11) is 0. The zero-order valence-corrected chi connectivity index (χ0v) is 24.5. The maximum Gasteiger partial charge on any atom is 0.311 e. The molecule has 2 unspecified atom stereocenters. The molecule has 0 aliphatic carbocycles. The Labute approximate surface area is 234 Å². The van der Waals surface area contributed by atoms with Crippen LogP contribution in [0.3, 0.4) is 0 Å². The number of para-hydroxylation sites is 1. The standard InChI is InChI=1S/C29H39ClN2O5S/c1-7-14-31(23-18(5)10-9-11-20(23)30)26(35)24-29-13-12-28(6,38-29)22(27(36)37-8-2)21(29)25(34)32(24)19(16-33)15-17(3)4/h7,9-11,17,19,21-22,24,33H,1,8,12-16H2,2-6H3/t19-,21+,22+,24?,28-,29?/m1/s1. The molecule has 2 bridgehead atoms. The first kappa shape index (κ1) is 29.0. The van der Waals surface area contributed by atoms with Gasteiger partial charge in [0.15, 0.2) is 0 Å². The van der Waals surface area contributed by atoms with Gasteiger partial charge in [0.2, 0.25) is 5.91 Å². The van der Waals surface area contributed by atoms with E-state index in [0.29, 0.717) is 30.0 Å². The minimum atomic E-state index is -0.863. The number of thioether (sulfide) groups is 1. The second kappa shape index (κ2) is 10.9. The Kier molecular flexibility index (Phi) is 8.27. The van der Waals surface area contributed by atoms with Crippen molar-refractivity contribution in [3.63, 3.8) is 0 Å². The number of ether oxygens (including phenoxy) is 1. The van der Waals surface area contributed by atoms with Crippen LogP contribution in [0.1, 0.15) is 52.5 Å². The number of hydrogen-bond donors (Lipinski definition) is 1. The molecule has 1 aromatic carbocycles. The van der Waals surface area contributed by atoms with Gasteiger partial charge in [-0.3, -0.25) is 14.4 Å². The summed E-state index contributed by atoms with van der Waals surface area (Å²) in [5, 5.41) is 10.9. The molecule has 3 heterocycles. The monoisotopic (exact) mass is 562 g/mol. The molecule has 3 fully saturated rings. The van der Waals surface area contributed by atoms with E-state index in [9.17, 15) is 19.5 Å². The lowest BCUT2D eigenvalue weighted by Crippen LogP contribution is -2.58. The molecular weight excluding hydrogens is 524 g/mol. The molecule has 3 aliphatic rings. The van der Waals surface area contributed by atoms with Crippen LogP contribution < -0.4 is 4.90 Å². The fourth-order valence-electron chi connectivity index (χ4n) is 6.98. The molecule has 0 saturated carbocycles. The maximum absolute atomic E-state index is 14.7. The van der Waals surface area contributed by atoms with E-state index in [1.165, 1.54) is 0 Å². The second-order valence-electron chi connectivity index (χ2n) is 11.3. The molecule has 1 N–H and O–H groups in total. The smallest absolute Gasteiger partial charge is 0.311 e. The molecule has 208 valence electrons. The predicted molar refractivity (Wildman–Crippen MR) is 151 cm³/mol. The minimum Gasteiger partial charge on any atom is -0.466 e. The predicted octanol–water partition coefficient (Wildman–Crippen LogP) is 4.62. The van der Waals surface area contributed by atoms with Crippen LogP contribution in [0.2, 0.25) is 5.02 Å². The van der Waals surface area contributed by atoms with Gasteiger partial charge in [-0.1, -0.05) is 43.7 Å². The zero-order valence-electron chi connectivity index (χ0n) is 22.9. The lowest BCUT2D eigenvalue weighted by Gasteiger charge is -2.40. The number of anilines is 1. The number of likely N-dealkylation sites (tertiary alicyclic amines) is 1. The normalized spacial score (nSPS) is 30.5. The second-order valence-corrected chi connectivity index (χ2v) is 13.6. The third kappa shape index (κ3) is 4.46. The summed E-state index contributed by atoms with van der Waals surface area (Å²) in [6.07, 6.45) is 3.50. The van der Waals surface area contributed by atoms with Gasteiger partial charge in [0.25, 0.3) is 5.91 Å². The number of amides is 2. The molecule has 1 aromatic rings. The molecule has 3 aliphatic heterocycles. The summed E-state index contributed by atoms with van der Waals surface area (Å²) in [6, 6.07) is 4.06. The van der Waals surface area contributed by atoms with Crippen molar-refractivity contribution in [1.29, 1.82) is 0 Å². The first-order valence-corrected chi connectivity index (χ1v) is 14.6. The third-order valence-electron chi connectivity index (χ3n) is 8.37. The molecular formula is C29H39ClN2O5S. The van der Waals surface area contributed by atoms with Crippen molar-refractivity contribution in [3.8, 4) is 0 Å². The van der Waals surface area contributed by atoms with Crippen LogP contribution in [-0.2, 0) is 19.1 Å². The number of hydrogen-bond acceptors (Lipinski definition) is 6. The highest BCUT2D eigenvalue weighted by Crippen LogP contribution is 2.72. The average Bonchev–Trinajstić information content (AvgIpc) is 3.42. The summed E-state index contributed by atoms with van der Waals surface area (Å²) >= 11 is 8.22. The molecule has 0 aromatic heterocycles. The van der Waals surface area contributed by atoms with Gasteiger partial charge in [-0.2, -0.15) is 0 Å². The van der Waals surface area contributed by atoms with Crippen molar-refractivity contribution >= 4 is 46.8 Å². The van der Waals surface area contributed by atoms with Crippen LogP contribution in [0.25, 0.3) is 0 Å². The van der Waals surface area contributed by atoms with Crippen LogP contribution in [0, 0.1) is 24.7 Å². The molecule has 1 spiro atoms. The van der Waals surface area contributed by atoms with E-state index in [1.807, 2.05) is 39.8 Å². The van der Waals surface area contributed by atoms with Gasteiger partial charge in [0.1, 0.15) is 6.04 Å². The number of nitrogens with zero attached hydrogens (tertiary/aromatic N) is 2.